The summed E-state index contributed by atoms with van der Waals surface area (Å²) in [5.41, 5.74) is 2.48. The Hall–Kier alpha value is -1.59. The van der Waals surface area contributed by atoms with Crippen LogP contribution in [-0.2, 0) is 22.4 Å². The average Bonchev–Trinajstić information content (AvgIpc) is 3.33. The summed E-state index contributed by atoms with van der Waals surface area (Å²) in [7, 11) is 0. The number of aliphatic hydroxyl groups is 2. The molecule has 1 aromatic carbocycles. The Morgan fingerprint density at radius 1 is 0.818 bits per heavy atom. The maximum absolute atomic E-state index is 12.4. The second-order valence-corrected chi connectivity index (χ2v) is 14.0. The topological polar surface area (TPSA) is 76.0 Å². The van der Waals surface area contributed by atoms with Crippen molar-refractivity contribution < 1.29 is 24.5 Å². The number of carbonyl (C=O) groups excluding carboxylic acids is 1. The monoisotopic (exact) mass is 614 g/mol. The molecule has 0 heterocycles. The molecule has 0 spiro atoms. The molecule has 44 heavy (non-hydrogen) atoms. The van der Waals surface area contributed by atoms with Gasteiger partial charge in [-0.1, -0.05) is 129 Å². The van der Waals surface area contributed by atoms with E-state index in [0.717, 1.165) is 63.5 Å². The van der Waals surface area contributed by atoms with E-state index in [9.17, 15) is 15.0 Å². The average molecular weight is 615 g/mol. The van der Waals surface area contributed by atoms with E-state index in [1.807, 2.05) is 12.1 Å². The molecule has 5 atom stereocenters. The second-order valence-electron chi connectivity index (χ2n) is 14.0. The predicted molar refractivity (Wildman–Crippen MR) is 181 cm³/mol. The summed E-state index contributed by atoms with van der Waals surface area (Å²) in [6.07, 6.45) is 26.4. The van der Waals surface area contributed by atoms with Gasteiger partial charge < -0.3 is 19.7 Å². The van der Waals surface area contributed by atoms with E-state index < -0.39 is 0 Å². The smallest absolute Gasteiger partial charge is 0.344 e. The Morgan fingerprint density at radius 3 is 2.09 bits per heavy atom. The molecule has 0 radical (unpaired) electrons. The third kappa shape index (κ3) is 13.4. The lowest BCUT2D eigenvalue weighted by Crippen LogP contribution is -2.28. The van der Waals surface area contributed by atoms with Crippen LogP contribution in [0.1, 0.15) is 160 Å². The molecular weight excluding hydrogens is 548 g/mol. The zero-order chi connectivity index (χ0) is 31.4. The van der Waals surface area contributed by atoms with E-state index >= 15 is 0 Å². The summed E-state index contributed by atoms with van der Waals surface area (Å²) >= 11 is 0. The van der Waals surface area contributed by atoms with Gasteiger partial charge in [-0.2, -0.15) is 0 Å². The van der Waals surface area contributed by atoms with E-state index in [-0.39, 0.29) is 30.7 Å². The van der Waals surface area contributed by atoms with Crippen LogP contribution in [0.2, 0.25) is 0 Å². The highest BCUT2D eigenvalue weighted by atomic mass is 16.6. The number of rotatable bonds is 25. The molecule has 0 saturated heterocycles. The van der Waals surface area contributed by atoms with Crippen LogP contribution in [-0.4, -0.2) is 41.6 Å². The molecule has 1 saturated carbocycles. The highest BCUT2D eigenvalue weighted by Crippen LogP contribution is 2.48. The molecule has 1 aromatic rings. The number of unbranched alkanes of at least 4 members (excludes halogenated alkanes) is 15. The third-order valence-corrected chi connectivity index (χ3v) is 10.4. The molecule has 3 rings (SSSR count). The first-order valence-electron chi connectivity index (χ1n) is 18.8. The first-order valence-corrected chi connectivity index (χ1v) is 18.8. The fraction of sp³-hybridized carbons (Fsp3) is 0.821. The van der Waals surface area contributed by atoms with Gasteiger partial charge in [0.2, 0.25) is 0 Å². The van der Waals surface area contributed by atoms with E-state index in [4.69, 9.17) is 9.47 Å². The minimum absolute atomic E-state index is 0.0513. The van der Waals surface area contributed by atoms with Gasteiger partial charge >= 0.3 is 5.97 Å². The van der Waals surface area contributed by atoms with Gasteiger partial charge in [0.1, 0.15) is 5.75 Å². The van der Waals surface area contributed by atoms with Gasteiger partial charge in [0.05, 0.1) is 18.8 Å². The molecule has 5 nitrogen and oxygen atoms in total. The van der Waals surface area contributed by atoms with Crippen molar-refractivity contribution in [3.05, 3.63) is 29.3 Å². The van der Waals surface area contributed by atoms with Gasteiger partial charge in [-0.05, 0) is 79.9 Å². The lowest BCUT2D eigenvalue weighted by atomic mass is 9.73. The van der Waals surface area contributed by atoms with Crippen molar-refractivity contribution in [1.82, 2.24) is 0 Å². The van der Waals surface area contributed by atoms with Crippen molar-refractivity contribution in [2.75, 3.05) is 13.2 Å². The number of hydrogen-bond donors (Lipinski definition) is 2. The summed E-state index contributed by atoms with van der Waals surface area (Å²) in [6.45, 7) is 4.89. The van der Waals surface area contributed by atoms with Gasteiger partial charge in [-0.15, -0.1) is 0 Å². The highest BCUT2D eigenvalue weighted by Gasteiger charge is 2.44. The fourth-order valence-electron chi connectivity index (χ4n) is 7.76. The van der Waals surface area contributed by atoms with Crippen molar-refractivity contribution in [2.24, 2.45) is 17.8 Å². The molecule has 2 aliphatic carbocycles. The van der Waals surface area contributed by atoms with Crippen LogP contribution >= 0.6 is 0 Å². The maximum Gasteiger partial charge on any atom is 0.344 e. The first kappa shape index (κ1) is 36.9. The number of esters is 1. The van der Waals surface area contributed by atoms with Crippen LogP contribution in [0.5, 0.6) is 5.75 Å². The molecule has 0 amide bonds. The molecule has 1 fully saturated rings. The Labute approximate surface area is 269 Å². The van der Waals surface area contributed by atoms with E-state index in [1.54, 1.807) is 0 Å². The fourth-order valence-corrected chi connectivity index (χ4v) is 7.76. The Kier molecular flexibility index (Phi) is 18.5. The van der Waals surface area contributed by atoms with E-state index in [2.05, 4.69) is 19.9 Å². The van der Waals surface area contributed by atoms with Crippen molar-refractivity contribution in [1.29, 1.82) is 0 Å². The van der Waals surface area contributed by atoms with Gasteiger partial charge in [0, 0.05) is 0 Å². The third-order valence-electron chi connectivity index (χ3n) is 10.4. The van der Waals surface area contributed by atoms with Crippen molar-refractivity contribution >= 4 is 5.97 Å². The van der Waals surface area contributed by atoms with Gasteiger partial charge in [0.25, 0.3) is 0 Å². The number of fused-ring (bicyclic) bond motifs is 2. The van der Waals surface area contributed by atoms with Crippen LogP contribution in [0, 0.1) is 17.8 Å². The standard InChI is InChI=1S/C39H66O5/c1-3-5-7-8-9-10-11-12-13-14-15-16-17-19-26-43-39(42)30-44-38-23-20-21-31-27-35-32(28-36(31)38)29-37(41)34(35)25-24-33(40)22-18-6-4-2/h20-21,23,32-35,37,40-41H,3-19,22,24-30H2,1-2H3/t32-,33-,34+,35-,37+/m0/s1. The maximum atomic E-state index is 12.4. The van der Waals surface area contributed by atoms with Crippen LogP contribution in [0.25, 0.3) is 0 Å². The number of hydrogen-bond acceptors (Lipinski definition) is 5. The van der Waals surface area contributed by atoms with Crippen molar-refractivity contribution in [2.45, 2.75) is 174 Å². The van der Waals surface area contributed by atoms with Gasteiger partial charge in [-0.3, -0.25) is 0 Å². The zero-order valence-corrected chi connectivity index (χ0v) is 28.4. The molecule has 5 heteroatoms. The zero-order valence-electron chi connectivity index (χ0n) is 28.4. The van der Waals surface area contributed by atoms with Crippen molar-refractivity contribution in [3.8, 4) is 5.75 Å². The van der Waals surface area contributed by atoms with Crippen LogP contribution < -0.4 is 4.74 Å². The normalized spacial score (nSPS) is 21.5. The summed E-state index contributed by atoms with van der Waals surface area (Å²) in [4.78, 5) is 12.4. The number of carbonyl (C=O) groups is 1. The van der Waals surface area contributed by atoms with E-state index in [0.29, 0.717) is 18.4 Å². The van der Waals surface area contributed by atoms with Crippen molar-refractivity contribution in [3.63, 3.8) is 0 Å². The minimum atomic E-state index is -0.295. The second kappa shape index (κ2) is 22.0. The van der Waals surface area contributed by atoms with Crippen LogP contribution in [0.4, 0.5) is 0 Å². The number of benzene rings is 1. The van der Waals surface area contributed by atoms with E-state index in [1.165, 1.54) is 101 Å². The quantitative estimate of drug-likeness (QED) is 0.0847. The van der Waals surface area contributed by atoms with Gasteiger partial charge in [0.15, 0.2) is 6.61 Å². The molecular formula is C39H66O5. The summed E-state index contributed by atoms with van der Waals surface area (Å²) in [5, 5.41) is 21.4. The number of ether oxygens (including phenoxy) is 2. The lowest BCUT2D eigenvalue weighted by molar-refractivity contribution is -0.146. The summed E-state index contributed by atoms with van der Waals surface area (Å²) < 4.78 is 11.5. The summed E-state index contributed by atoms with van der Waals surface area (Å²) in [6, 6.07) is 6.16. The first-order chi connectivity index (χ1) is 21.5. The Bertz CT molecular complexity index is 900. The SMILES string of the molecule is CCCCCCCCCCCCCCCCOC(=O)COc1cccc2c1C[C@H]1C[C@@H](O)[C@H](CC[C@@H](O)CCCCC)[C@H]1C2. The predicted octanol–water partition coefficient (Wildman–Crippen LogP) is 9.52. The largest absolute Gasteiger partial charge is 0.482 e. The molecule has 2 aliphatic rings. The molecule has 0 aliphatic heterocycles. The van der Waals surface area contributed by atoms with Crippen LogP contribution in [0.3, 0.4) is 0 Å². The Balaban J connectivity index is 1.27. The minimum Gasteiger partial charge on any atom is -0.482 e. The number of aliphatic hydroxyl groups excluding tert-OH is 2. The molecule has 2 N–H and O–H groups in total. The molecule has 0 aromatic heterocycles. The lowest BCUT2D eigenvalue weighted by Gasteiger charge is -2.32. The Morgan fingerprint density at radius 2 is 1.43 bits per heavy atom. The van der Waals surface area contributed by atoms with Gasteiger partial charge in [-0.25, -0.2) is 4.79 Å². The highest BCUT2D eigenvalue weighted by molar-refractivity contribution is 5.71. The summed E-state index contributed by atoms with van der Waals surface area (Å²) in [5.74, 6) is 1.63. The molecule has 0 bridgehead atoms. The molecule has 252 valence electrons. The molecule has 0 unspecified atom stereocenters. The van der Waals surface area contributed by atoms with Crippen LogP contribution in [0.15, 0.2) is 18.2 Å².